The Balaban J connectivity index is 2.21. The molecule has 0 fully saturated rings. The van der Waals surface area contributed by atoms with E-state index < -0.39 is 21.5 Å². The summed E-state index contributed by atoms with van der Waals surface area (Å²) in [5.41, 5.74) is -0.692. The van der Waals surface area contributed by atoms with Gasteiger partial charge in [0.15, 0.2) is 11.5 Å². The highest BCUT2D eigenvalue weighted by molar-refractivity contribution is 7.89. The number of nitrogens with one attached hydrogen (secondary N) is 2. The van der Waals surface area contributed by atoms with E-state index in [1.165, 1.54) is 0 Å². The number of carboxylic acid groups (broad SMARTS) is 1. The summed E-state index contributed by atoms with van der Waals surface area (Å²) < 4.78 is 29.1. The first kappa shape index (κ1) is 21.3. The number of hydrogen-bond acceptors (Lipinski definition) is 6. The fourth-order valence-corrected chi connectivity index (χ4v) is 4.39. The number of halogens is 2. The Morgan fingerprint density at radius 2 is 1.90 bits per heavy atom. The van der Waals surface area contributed by atoms with E-state index >= 15 is 0 Å². The molecular weight excluding hydrogens is 441 g/mol. The lowest BCUT2D eigenvalue weighted by molar-refractivity contribution is 0.0697. The highest BCUT2D eigenvalue weighted by Crippen LogP contribution is 2.33. The largest absolute Gasteiger partial charge is 0.477 e. The number of carbonyl (C=O) groups is 1. The Hall–Kier alpha value is -2.40. The van der Waals surface area contributed by atoms with Crippen molar-refractivity contribution in [3.8, 4) is 0 Å². The van der Waals surface area contributed by atoms with Gasteiger partial charge in [-0.15, -0.1) is 0 Å². The van der Waals surface area contributed by atoms with Gasteiger partial charge in [-0.1, -0.05) is 29.3 Å². The average Bonchev–Trinajstić information content (AvgIpc) is 3.02. The second-order valence-corrected chi connectivity index (χ2v) is 9.59. The van der Waals surface area contributed by atoms with Crippen molar-refractivity contribution in [2.45, 2.75) is 31.2 Å². The highest BCUT2D eigenvalue weighted by atomic mass is 35.5. The van der Waals surface area contributed by atoms with Crippen LogP contribution in [0, 0.1) is 0 Å². The molecule has 0 saturated carbocycles. The number of rotatable bonds is 5. The molecule has 1 aromatic carbocycles. The van der Waals surface area contributed by atoms with Crippen LogP contribution in [0.3, 0.4) is 0 Å². The molecule has 3 rings (SSSR count). The molecule has 0 saturated heterocycles. The van der Waals surface area contributed by atoms with Crippen molar-refractivity contribution in [2.24, 2.45) is 0 Å². The summed E-state index contributed by atoms with van der Waals surface area (Å²) in [6.45, 7) is 5.08. The summed E-state index contributed by atoms with van der Waals surface area (Å²) in [6.07, 6.45) is 2.16. The molecule has 29 heavy (non-hydrogen) atoms. The number of benzene rings is 1. The van der Waals surface area contributed by atoms with Gasteiger partial charge in [-0.05, 0) is 32.9 Å². The molecule has 0 radical (unpaired) electrons. The van der Waals surface area contributed by atoms with Crippen LogP contribution in [-0.4, -0.2) is 39.6 Å². The summed E-state index contributed by atoms with van der Waals surface area (Å²) in [7, 11) is -3.96. The first-order chi connectivity index (χ1) is 13.4. The zero-order chi connectivity index (χ0) is 21.6. The topological polar surface area (TPSA) is 126 Å². The lowest BCUT2D eigenvalue weighted by atomic mass is 10.1. The molecular formula is C17H17Cl2N5O4S. The van der Waals surface area contributed by atoms with Crippen LogP contribution in [0.15, 0.2) is 35.5 Å². The number of sulfonamides is 1. The smallest absolute Gasteiger partial charge is 0.341 e. The molecule has 3 aromatic rings. The van der Waals surface area contributed by atoms with E-state index in [9.17, 15) is 18.3 Å². The van der Waals surface area contributed by atoms with E-state index in [1.54, 1.807) is 39.0 Å². The first-order valence-electron chi connectivity index (χ1n) is 8.26. The molecule has 0 amide bonds. The Kier molecular flexibility index (Phi) is 5.48. The van der Waals surface area contributed by atoms with Crippen LogP contribution in [0.25, 0.3) is 5.65 Å². The maximum atomic E-state index is 12.7. The minimum Gasteiger partial charge on any atom is -0.477 e. The Morgan fingerprint density at radius 1 is 1.21 bits per heavy atom. The number of hydrogen-bond donors (Lipinski definition) is 3. The normalized spacial score (nSPS) is 12.3. The number of aromatic nitrogens is 3. The van der Waals surface area contributed by atoms with Crippen molar-refractivity contribution >= 4 is 56.3 Å². The van der Waals surface area contributed by atoms with Gasteiger partial charge >= 0.3 is 5.97 Å². The molecule has 0 aliphatic carbocycles. The van der Waals surface area contributed by atoms with E-state index in [0.29, 0.717) is 5.69 Å². The van der Waals surface area contributed by atoms with Gasteiger partial charge < -0.3 is 10.4 Å². The molecule has 0 unspecified atom stereocenters. The standard InChI is InChI=1S/C17H17Cl2N5O4S/c1-17(2,3)23-29(27,28)12-8-21-24-14(9(16(25)26)7-20-15(12)24)22-11-6-4-5-10(18)13(11)19/h4-8,22-23H,1-3H3,(H,25,26). The van der Waals surface area contributed by atoms with Gasteiger partial charge in [-0.25, -0.2) is 22.9 Å². The van der Waals surface area contributed by atoms with Crippen molar-refractivity contribution in [2.75, 3.05) is 5.32 Å². The predicted octanol–water partition coefficient (Wildman–Crippen LogP) is 3.55. The SMILES string of the molecule is CC(C)(C)NS(=O)(=O)c1cnn2c(Nc3cccc(Cl)c3Cl)c(C(=O)O)cnc12. The third-order valence-corrected chi connectivity index (χ3v) is 6.23. The van der Waals surface area contributed by atoms with Crippen molar-refractivity contribution in [3.05, 3.63) is 46.2 Å². The zero-order valence-electron chi connectivity index (χ0n) is 15.6. The summed E-state index contributed by atoms with van der Waals surface area (Å²) in [6, 6.07) is 4.79. The molecule has 0 aliphatic heterocycles. The molecule has 9 nitrogen and oxygen atoms in total. The van der Waals surface area contributed by atoms with Gasteiger partial charge in [0, 0.05) is 11.7 Å². The van der Waals surface area contributed by atoms with Crippen LogP contribution in [-0.2, 0) is 10.0 Å². The number of anilines is 2. The van der Waals surface area contributed by atoms with Gasteiger partial charge in [0.25, 0.3) is 0 Å². The molecule has 12 heteroatoms. The second kappa shape index (κ2) is 7.45. The number of carboxylic acids is 1. The minimum atomic E-state index is -3.96. The number of aromatic carboxylic acids is 1. The molecule has 2 aromatic heterocycles. The quantitative estimate of drug-likeness (QED) is 0.534. The van der Waals surface area contributed by atoms with Gasteiger partial charge in [-0.3, -0.25) is 0 Å². The molecule has 2 heterocycles. The van der Waals surface area contributed by atoms with Crippen LogP contribution in [0.1, 0.15) is 31.1 Å². The molecule has 0 bridgehead atoms. The van der Waals surface area contributed by atoms with Gasteiger partial charge in [0.2, 0.25) is 10.0 Å². The molecule has 0 aliphatic rings. The monoisotopic (exact) mass is 457 g/mol. The molecule has 0 spiro atoms. The van der Waals surface area contributed by atoms with Gasteiger partial charge in [-0.2, -0.15) is 9.61 Å². The summed E-state index contributed by atoms with van der Waals surface area (Å²) >= 11 is 12.2. The third-order valence-electron chi connectivity index (χ3n) is 3.66. The third kappa shape index (κ3) is 4.30. The molecule has 0 atom stereocenters. The summed E-state index contributed by atoms with van der Waals surface area (Å²) in [4.78, 5) is 15.5. The van der Waals surface area contributed by atoms with Crippen LogP contribution in [0.5, 0.6) is 0 Å². The first-order valence-corrected chi connectivity index (χ1v) is 10.5. The fourth-order valence-electron chi connectivity index (χ4n) is 2.56. The van der Waals surface area contributed by atoms with E-state index in [4.69, 9.17) is 23.2 Å². The lowest BCUT2D eigenvalue weighted by Gasteiger charge is -2.19. The Bertz CT molecular complexity index is 1220. The number of nitrogens with zero attached hydrogens (tertiary/aromatic N) is 3. The van der Waals surface area contributed by atoms with E-state index in [1.807, 2.05) is 0 Å². The zero-order valence-corrected chi connectivity index (χ0v) is 17.9. The van der Waals surface area contributed by atoms with Crippen molar-refractivity contribution in [3.63, 3.8) is 0 Å². The van der Waals surface area contributed by atoms with Crippen molar-refractivity contribution < 1.29 is 18.3 Å². The summed E-state index contributed by atoms with van der Waals surface area (Å²) in [5, 5.41) is 16.9. The highest BCUT2D eigenvalue weighted by Gasteiger charge is 2.28. The Morgan fingerprint density at radius 3 is 2.52 bits per heavy atom. The fraction of sp³-hybridized carbons (Fsp3) is 0.235. The maximum absolute atomic E-state index is 12.7. The predicted molar refractivity (Wildman–Crippen MR) is 110 cm³/mol. The van der Waals surface area contributed by atoms with Gasteiger partial charge in [0.1, 0.15) is 10.5 Å². The van der Waals surface area contributed by atoms with Crippen LogP contribution < -0.4 is 10.0 Å². The maximum Gasteiger partial charge on any atom is 0.341 e. The Labute approximate surface area is 176 Å². The second-order valence-electron chi connectivity index (χ2n) is 7.15. The lowest BCUT2D eigenvalue weighted by Crippen LogP contribution is -2.40. The molecule has 3 N–H and O–H groups in total. The van der Waals surface area contributed by atoms with Crippen LogP contribution in [0.2, 0.25) is 10.0 Å². The minimum absolute atomic E-state index is 0.0242. The van der Waals surface area contributed by atoms with Gasteiger partial charge in [0.05, 0.1) is 21.9 Å². The van der Waals surface area contributed by atoms with Crippen molar-refractivity contribution in [1.29, 1.82) is 0 Å². The van der Waals surface area contributed by atoms with E-state index in [-0.39, 0.29) is 32.0 Å². The van der Waals surface area contributed by atoms with E-state index in [2.05, 4.69) is 20.1 Å². The number of fused-ring (bicyclic) bond motifs is 1. The van der Waals surface area contributed by atoms with Crippen LogP contribution in [0.4, 0.5) is 11.5 Å². The van der Waals surface area contributed by atoms with Crippen molar-refractivity contribution in [1.82, 2.24) is 19.3 Å². The summed E-state index contributed by atoms with van der Waals surface area (Å²) in [5.74, 6) is -1.31. The van der Waals surface area contributed by atoms with E-state index in [0.717, 1.165) is 16.9 Å². The molecule has 154 valence electrons. The average molecular weight is 458 g/mol. The van der Waals surface area contributed by atoms with Crippen LogP contribution >= 0.6 is 23.2 Å².